The summed E-state index contributed by atoms with van der Waals surface area (Å²) in [7, 11) is 0. The highest BCUT2D eigenvalue weighted by Gasteiger charge is 2.42. The molecule has 0 spiro atoms. The fraction of sp³-hybridized carbons (Fsp3) is 0.0357. The molecule has 2 nitrogen and oxygen atoms in total. The largest absolute Gasteiger partial charge is 0.455 e. The highest BCUT2D eigenvalue weighted by atomic mass is 16.3. The molecule has 0 saturated carbocycles. The standard InChI is InChI=1S/C56H39NO/c1-56(51-23-10-8-18-47(51)48-19-9-11-24-52(48)56)53-25-13-22-50-49-21-12-20-46(54(49)58-55(50)53)42-30-36-45(37-31-42)57(43-32-26-40(27-33-43)38-14-4-2-5-15-38)44-34-28-41(29-35-44)39-16-6-3-7-17-39/h2-37H,1H3. The molecule has 2 heteroatoms. The van der Waals surface area contributed by atoms with E-state index in [9.17, 15) is 0 Å². The van der Waals surface area contributed by atoms with Crippen LogP contribution >= 0.6 is 0 Å². The van der Waals surface area contributed by atoms with Crippen molar-refractivity contribution in [3.05, 3.63) is 235 Å². The van der Waals surface area contributed by atoms with Crippen molar-refractivity contribution in [3.8, 4) is 44.5 Å². The predicted octanol–water partition coefficient (Wildman–Crippen LogP) is 15.4. The molecule has 0 saturated heterocycles. The van der Waals surface area contributed by atoms with E-state index in [1.54, 1.807) is 0 Å². The van der Waals surface area contributed by atoms with Crippen LogP contribution in [0.5, 0.6) is 0 Å². The van der Waals surface area contributed by atoms with E-state index in [2.05, 4.69) is 230 Å². The van der Waals surface area contributed by atoms with Crippen LogP contribution in [0.25, 0.3) is 66.4 Å². The third-order valence-corrected chi connectivity index (χ3v) is 12.2. The van der Waals surface area contributed by atoms with Crippen LogP contribution in [-0.2, 0) is 5.41 Å². The Labute approximate surface area is 338 Å². The molecule has 10 aromatic rings. The van der Waals surface area contributed by atoms with E-state index in [0.29, 0.717) is 0 Å². The fourth-order valence-corrected chi connectivity index (χ4v) is 9.29. The second-order valence-corrected chi connectivity index (χ2v) is 15.4. The number of benzene rings is 9. The Morgan fingerprint density at radius 1 is 0.310 bits per heavy atom. The number of nitrogens with zero attached hydrogens (tertiary/aromatic N) is 1. The van der Waals surface area contributed by atoms with E-state index < -0.39 is 0 Å². The van der Waals surface area contributed by atoms with Crippen LogP contribution < -0.4 is 4.90 Å². The van der Waals surface area contributed by atoms with Crippen LogP contribution in [0.1, 0.15) is 23.6 Å². The first-order valence-corrected chi connectivity index (χ1v) is 20.0. The van der Waals surface area contributed by atoms with Gasteiger partial charge in [0.2, 0.25) is 0 Å². The van der Waals surface area contributed by atoms with Crippen molar-refractivity contribution in [2.75, 3.05) is 4.90 Å². The number of rotatable bonds is 7. The third kappa shape index (κ3) is 5.41. The van der Waals surface area contributed by atoms with Crippen molar-refractivity contribution in [2.45, 2.75) is 12.3 Å². The summed E-state index contributed by atoms with van der Waals surface area (Å²) < 4.78 is 7.08. The highest BCUT2D eigenvalue weighted by molar-refractivity contribution is 6.11. The number of fused-ring (bicyclic) bond motifs is 6. The molecule has 0 atom stereocenters. The predicted molar refractivity (Wildman–Crippen MR) is 242 cm³/mol. The molecule has 0 radical (unpaired) electrons. The summed E-state index contributed by atoms with van der Waals surface area (Å²) in [5, 5.41) is 2.26. The van der Waals surface area contributed by atoms with E-state index in [0.717, 1.165) is 50.1 Å². The van der Waals surface area contributed by atoms with E-state index in [1.807, 2.05) is 0 Å². The summed E-state index contributed by atoms with van der Waals surface area (Å²) in [6.45, 7) is 2.36. The van der Waals surface area contributed by atoms with Crippen LogP contribution in [0.3, 0.4) is 0 Å². The molecule has 1 aliphatic rings. The van der Waals surface area contributed by atoms with Crippen molar-refractivity contribution in [2.24, 2.45) is 0 Å². The molecule has 0 unspecified atom stereocenters. The Balaban J connectivity index is 1.00. The first-order chi connectivity index (χ1) is 28.6. The summed E-state index contributed by atoms with van der Waals surface area (Å²) in [6, 6.07) is 78.6. The Kier molecular flexibility index (Phi) is 7.97. The molecule has 11 rings (SSSR count). The van der Waals surface area contributed by atoms with Crippen molar-refractivity contribution >= 4 is 39.0 Å². The first-order valence-electron chi connectivity index (χ1n) is 20.0. The minimum Gasteiger partial charge on any atom is -0.455 e. The average molecular weight is 742 g/mol. The van der Waals surface area contributed by atoms with Crippen molar-refractivity contribution in [3.63, 3.8) is 0 Å². The van der Waals surface area contributed by atoms with Gasteiger partial charge in [-0.05, 0) is 93.4 Å². The van der Waals surface area contributed by atoms with Gasteiger partial charge in [-0.3, -0.25) is 0 Å². The summed E-state index contributed by atoms with van der Waals surface area (Å²) in [6.07, 6.45) is 0. The van der Waals surface area contributed by atoms with Gasteiger partial charge in [-0.25, -0.2) is 0 Å². The molecular formula is C56H39NO. The van der Waals surface area contributed by atoms with Gasteiger partial charge in [-0.15, -0.1) is 0 Å². The Morgan fingerprint density at radius 3 is 1.21 bits per heavy atom. The summed E-state index contributed by atoms with van der Waals surface area (Å²) in [5.74, 6) is 0. The smallest absolute Gasteiger partial charge is 0.143 e. The number of anilines is 3. The zero-order valence-corrected chi connectivity index (χ0v) is 32.1. The minimum atomic E-state index is -0.357. The van der Waals surface area contributed by atoms with Crippen molar-refractivity contribution < 1.29 is 4.42 Å². The number of furan rings is 1. The lowest BCUT2D eigenvalue weighted by Gasteiger charge is -2.28. The molecule has 274 valence electrons. The molecule has 0 aliphatic heterocycles. The van der Waals surface area contributed by atoms with Crippen LogP contribution in [0.15, 0.2) is 223 Å². The summed E-state index contributed by atoms with van der Waals surface area (Å²) in [5.41, 5.74) is 18.1. The topological polar surface area (TPSA) is 16.4 Å². The lowest BCUT2D eigenvalue weighted by atomic mass is 9.74. The molecule has 58 heavy (non-hydrogen) atoms. The van der Waals surface area contributed by atoms with Gasteiger partial charge in [0.25, 0.3) is 0 Å². The molecule has 9 aromatic carbocycles. The Bertz CT molecular complexity index is 2960. The average Bonchev–Trinajstić information content (AvgIpc) is 3.81. The molecule has 1 aromatic heterocycles. The maximum Gasteiger partial charge on any atom is 0.143 e. The summed E-state index contributed by atoms with van der Waals surface area (Å²) >= 11 is 0. The molecule has 0 amide bonds. The lowest BCUT2D eigenvalue weighted by Crippen LogP contribution is -2.22. The molecular weight excluding hydrogens is 703 g/mol. The van der Waals surface area contributed by atoms with Crippen molar-refractivity contribution in [1.82, 2.24) is 0 Å². The normalized spacial score (nSPS) is 12.7. The number of para-hydroxylation sites is 2. The molecule has 0 fully saturated rings. The molecule has 0 bridgehead atoms. The maximum atomic E-state index is 7.08. The van der Waals surface area contributed by atoms with Crippen LogP contribution in [-0.4, -0.2) is 0 Å². The van der Waals surface area contributed by atoms with Crippen LogP contribution in [0.2, 0.25) is 0 Å². The van der Waals surface area contributed by atoms with Gasteiger partial charge in [0.1, 0.15) is 11.2 Å². The third-order valence-electron chi connectivity index (χ3n) is 12.2. The molecule has 1 aliphatic carbocycles. The Morgan fingerprint density at radius 2 is 0.690 bits per heavy atom. The second-order valence-electron chi connectivity index (χ2n) is 15.4. The van der Waals surface area contributed by atoms with Gasteiger partial charge >= 0.3 is 0 Å². The van der Waals surface area contributed by atoms with Gasteiger partial charge in [0.05, 0.1) is 0 Å². The lowest BCUT2D eigenvalue weighted by molar-refractivity contribution is 0.638. The number of hydrogen-bond donors (Lipinski definition) is 0. The monoisotopic (exact) mass is 741 g/mol. The van der Waals surface area contributed by atoms with E-state index in [4.69, 9.17) is 4.42 Å². The zero-order valence-electron chi connectivity index (χ0n) is 32.1. The van der Waals surface area contributed by atoms with E-state index >= 15 is 0 Å². The summed E-state index contributed by atoms with van der Waals surface area (Å²) in [4.78, 5) is 2.33. The van der Waals surface area contributed by atoms with Gasteiger partial charge in [-0.2, -0.15) is 0 Å². The van der Waals surface area contributed by atoms with Crippen LogP contribution in [0, 0.1) is 0 Å². The van der Waals surface area contributed by atoms with Gasteiger partial charge in [0, 0.05) is 44.4 Å². The van der Waals surface area contributed by atoms with Crippen LogP contribution in [0.4, 0.5) is 17.1 Å². The number of hydrogen-bond acceptors (Lipinski definition) is 2. The minimum absolute atomic E-state index is 0.357. The quantitative estimate of drug-likeness (QED) is 0.162. The Hall–Kier alpha value is -7.42. The van der Waals surface area contributed by atoms with Gasteiger partial charge < -0.3 is 9.32 Å². The second kappa shape index (κ2) is 13.7. The van der Waals surface area contributed by atoms with Gasteiger partial charge in [-0.1, -0.05) is 182 Å². The zero-order chi connectivity index (χ0) is 38.6. The van der Waals surface area contributed by atoms with Crippen molar-refractivity contribution in [1.29, 1.82) is 0 Å². The maximum absolute atomic E-state index is 7.08. The molecule has 1 heterocycles. The highest BCUT2D eigenvalue weighted by Crippen LogP contribution is 2.54. The van der Waals surface area contributed by atoms with E-state index in [-0.39, 0.29) is 5.41 Å². The van der Waals surface area contributed by atoms with Gasteiger partial charge in [0.15, 0.2) is 0 Å². The SMILES string of the molecule is CC1(c2cccc3c2oc2c(-c4ccc(N(c5ccc(-c6ccccc6)cc5)c5ccc(-c6ccccc6)cc5)cc4)cccc23)c2ccccc2-c2ccccc21. The molecule has 0 N–H and O–H groups in total. The fourth-order valence-electron chi connectivity index (χ4n) is 9.29. The van der Waals surface area contributed by atoms with E-state index in [1.165, 1.54) is 50.1 Å². The first kappa shape index (κ1) is 33.9.